The lowest BCUT2D eigenvalue weighted by Gasteiger charge is -2.23. The van der Waals surface area contributed by atoms with Crippen molar-refractivity contribution in [2.45, 2.75) is 18.4 Å². The molecule has 0 saturated carbocycles. The summed E-state index contributed by atoms with van der Waals surface area (Å²) in [5, 5.41) is 9.35. The van der Waals surface area contributed by atoms with Crippen LogP contribution in [0.2, 0.25) is 5.02 Å². The highest BCUT2D eigenvalue weighted by atomic mass is 35.5. The van der Waals surface area contributed by atoms with Crippen molar-refractivity contribution >= 4 is 17.6 Å². The molecule has 7 heteroatoms. The van der Waals surface area contributed by atoms with E-state index in [0.717, 1.165) is 5.56 Å². The van der Waals surface area contributed by atoms with Crippen LogP contribution in [-0.4, -0.2) is 36.1 Å². The van der Waals surface area contributed by atoms with E-state index in [0.29, 0.717) is 23.7 Å². The van der Waals surface area contributed by atoms with Crippen LogP contribution in [0.25, 0.3) is 0 Å². The molecule has 0 spiro atoms. The van der Waals surface area contributed by atoms with E-state index in [1.165, 1.54) is 48.5 Å². The van der Waals surface area contributed by atoms with Gasteiger partial charge in [-0.1, -0.05) is 54.1 Å². The summed E-state index contributed by atoms with van der Waals surface area (Å²) in [7, 11) is 1.73. The molecule has 1 unspecified atom stereocenters. The minimum Gasteiger partial charge on any atom is -0.486 e. The molecule has 168 valence electrons. The molecular formula is C25H24ClF2NO3. The lowest BCUT2D eigenvalue weighted by atomic mass is 10.0. The highest BCUT2D eigenvalue weighted by Gasteiger charge is 2.33. The van der Waals surface area contributed by atoms with Crippen LogP contribution in [0.3, 0.4) is 0 Å². The molecule has 1 N–H and O–H groups in total. The second-order valence-electron chi connectivity index (χ2n) is 7.54. The van der Waals surface area contributed by atoms with Crippen LogP contribution in [0.5, 0.6) is 5.75 Å². The Labute approximate surface area is 191 Å². The predicted octanol–water partition coefficient (Wildman–Crippen LogP) is 6.01. The van der Waals surface area contributed by atoms with Gasteiger partial charge in [0.25, 0.3) is 5.92 Å². The normalized spacial score (nSPS) is 12.5. The number of hydrogen-bond acceptors (Lipinski definition) is 3. The van der Waals surface area contributed by atoms with E-state index in [-0.39, 0.29) is 23.8 Å². The van der Waals surface area contributed by atoms with Crippen molar-refractivity contribution in [1.29, 1.82) is 0 Å². The van der Waals surface area contributed by atoms with Crippen LogP contribution in [0.15, 0.2) is 78.9 Å². The maximum Gasteiger partial charge on any atom is 0.317 e. The molecule has 0 bridgehead atoms. The van der Waals surface area contributed by atoms with E-state index in [2.05, 4.69) is 0 Å². The number of rotatable bonds is 10. The number of hydrogen-bond donors (Lipinski definition) is 1. The van der Waals surface area contributed by atoms with E-state index >= 15 is 0 Å². The Kier molecular flexibility index (Phi) is 7.83. The molecule has 32 heavy (non-hydrogen) atoms. The minimum atomic E-state index is -3.17. The number of ether oxygens (including phenoxy) is 1. The highest BCUT2D eigenvalue weighted by molar-refractivity contribution is 6.30. The molecular weight excluding hydrogens is 436 g/mol. The number of carbonyl (C=O) groups is 1. The van der Waals surface area contributed by atoms with Crippen LogP contribution in [0.1, 0.15) is 29.2 Å². The average Bonchev–Trinajstić information content (AvgIpc) is 2.77. The van der Waals surface area contributed by atoms with Crippen LogP contribution < -0.4 is 4.74 Å². The third kappa shape index (κ3) is 6.28. The van der Waals surface area contributed by atoms with Crippen molar-refractivity contribution in [1.82, 2.24) is 4.90 Å². The Morgan fingerprint density at radius 2 is 1.56 bits per heavy atom. The molecule has 0 saturated heterocycles. The Morgan fingerprint density at radius 1 is 1.00 bits per heavy atom. The van der Waals surface area contributed by atoms with E-state index in [1.54, 1.807) is 11.9 Å². The van der Waals surface area contributed by atoms with Gasteiger partial charge in [0.05, 0.1) is 6.54 Å². The van der Waals surface area contributed by atoms with E-state index in [1.807, 2.05) is 30.3 Å². The maximum atomic E-state index is 14.9. The SMILES string of the molecule is CN(CCC(Oc1ccc(C(F)(F)c2ccc(Cl)cc2)cc1)c1ccccc1)CC(=O)O. The molecule has 3 aromatic carbocycles. The van der Waals surface area contributed by atoms with Crippen molar-refractivity contribution in [2.75, 3.05) is 20.1 Å². The van der Waals surface area contributed by atoms with Crippen LogP contribution >= 0.6 is 11.6 Å². The van der Waals surface area contributed by atoms with E-state index < -0.39 is 11.9 Å². The van der Waals surface area contributed by atoms with Crippen molar-refractivity contribution in [3.63, 3.8) is 0 Å². The maximum absolute atomic E-state index is 14.9. The zero-order valence-electron chi connectivity index (χ0n) is 17.5. The number of carboxylic acids is 1. The zero-order valence-corrected chi connectivity index (χ0v) is 18.3. The molecule has 0 aliphatic heterocycles. The number of likely N-dealkylation sites (N-methyl/N-ethyl adjacent to an activating group) is 1. The summed E-state index contributed by atoms with van der Waals surface area (Å²) < 4.78 is 35.8. The predicted molar refractivity (Wildman–Crippen MR) is 120 cm³/mol. The molecule has 0 aliphatic rings. The molecule has 0 amide bonds. The first-order valence-electron chi connectivity index (χ1n) is 10.1. The highest BCUT2D eigenvalue weighted by Crippen LogP contribution is 2.37. The quantitative estimate of drug-likeness (QED) is 0.403. The molecule has 0 radical (unpaired) electrons. The Bertz CT molecular complexity index is 1010. The van der Waals surface area contributed by atoms with Crippen LogP contribution in [0, 0.1) is 0 Å². The third-order valence-corrected chi connectivity index (χ3v) is 5.30. The van der Waals surface area contributed by atoms with E-state index in [9.17, 15) is 13.6 Å². The first kappa shape index (κ1) is 23.7. The molecule has 1 atom stereocenters. The van der Waals surface area contributed by atoms with Crippen molar-refractivity contribution in [3.05, 3.63) is 101 Å². The largest absolute Gasteiger partial charge is 0.486 e. The summed E-state index contributed by atoms with van der Waals surface area (Å²) in [5.74, 6) is -3.61. The van der Waals surface area contributed by atoms with Gasteiger partial charge in [0.1, 0.15) is 11.9 Å². The zero-order chi connectivity index (χ0) is 23.1. The van der Waals surface area contributed by atoms with Gasteiger partial charge in [-0.25, -0.2) is 0 Å². The fourth-order valence-corrected chi connectivity index (χ4v) is 3.47. The van der Waals surface area contributed by atoms with E-state index in [4.69, 9.17) is 21.4 Å². The molecule has 0 fully saturated rings. The van der Waals surface area contributed by atoms with Gasteiger partial charge in [-0.3, -0.25) is 9.69 Å². The van der Waals surface area contributed by atoms with Crippen molar-refractivity contribution in [2.24, 2.45) is 0 Å². The fourth-order valence-electron chi connectivity index (χ4n) is 3.34. The third-order valence-electron chi connectivity index (χ3n) is 5.05. The van der Waals surface area contributed by atoms with Gasteiger partial charge >= 0.3 is 5.97 Å². The fraction of sp³-hybridized carbons (Fsp3) is 0.240. The smallest absolute Gasteiger partial charge is 0.317 e. The summed E-state index contributed by atoms with van der Waals surface area (Å²) >= 11 is 5.80. The average molecular weight is 460 g/mol. The molecule has 0 aromatic heterocycles. The number of aliphatic carboxylic acids is 1. The Morgan fingerprint density at radius 3 is 2.12 bits per heavy atom. The summed E-state index contributed by atoms with van der Waals surface area (Å²) in [5.41, 5.74) is 0.635. The number of nitrogens with zero attached hydrogens (tertiary/aromatic N) is 1. The van der Waals surface area contributed by atoms with Gasteiger partial charge < -0.3 is 9.84 Å². The number of carboxylic acid groups (broad SMARTS) is 1. The minimum absolute atomic E-state index is 0.0734. The van der Waals surface area contributed by atoms with Gasteiger partial charge in [-0.15, -0.1) is 0 Å². The van der Waals surface area contributed by atoms with Crippen molar-refractivity contribution in [3.8, 4) is 5.75 Å². The summed E-state index contributed by atoms with van der Waals surface area (Å²) in [4.78, 5) is 12.6. The van der Waals surface area contributed by atoms with Gasteiger partial charge in [-0.2, -0.15) is 8.78 Å². The first-order valence-corrected chi connectivity index (χ1v) is 10.5. The molecule has 3 rings (SSSR count). The summed E-state index contributed by atoms with van der Waals surface area (Å²) in [6, 6.07) is 20.8. The number of alkyl halides is 2. The molecule has 3 aromatic rings. The van der Waals surface area contributed by atoms with Crippen LogP contribution in [0.4, 0.5) is 8.78 Å². The van der Waals surface area contributed by atoms with Crippen molar-refractivity contribution < 1.29 is 23.4 Å². The first-order chi connectivity index (χ1) is 15.3. The molecule has 0 heterocycles. The number of halogens is 3. The lowest BCUT2D eigenvalue weighted by molar-refractivity contribution is -0.138. The number of benzene rings is 3. The molecule has 0 aliphatic carbocycles. The lowest BCUT2D eigenvalue weighted by Crippen LogP contribution is -2.28. The van der Waals surface area contributed by atoms with Gasteiger partial charge in [-0.05, 0) is 49.0 Å². The summed E-state index contributed by atoms with van der Waals surface area (Å²) in [6.45, 7) is 0.425. The second-order valence-corrected chi connectivity index (χ2v) is 7.98. The molecule has 4 nitrogen and oxygen atoms in total. The van der Waals surface area contributed by atoms with Gasteiger partial charge in [0, 0.05) is 29.1 Å². The Balaban J connectivity index is 1.75. The topological polar surface area (TPSA) is 49.8 Å². The van der Waals surface area contributed by atoms with Crippen LogP contribution in [-0.2, 0) is 10.7 Å². The van der Waals surface area contributed by atoms with Gasteiger partial charge in [0.2, 0.25) is 0 Å². The second kappa shape index (κ2) is 10.6. The summed E-state index contributed by atoms with van der Waals surface area (Å²) in [6.07, 6.45) is 0.186. The monoisotopic (exact) mass is 459 g/mol. The van der Waals surface area contributed by atoms with Gasteiger partial charge in [0.15, 0.2) is 0 Å². The Hall–Kier alpha value is -2.96. The standard InChI is InChI=1S/C25H24ClF2NO3/c1-29(17-24(30)31)16-15-23(18-5-3-2-4-6-18)32-22-13-9-20(10-14-22)25(27,28)19-7-11-21(26)12-8-19/h2-14,23H,15-17H2,1H3,(H,30,31).